The van der Waals surface area contributed by atoms with Crippen LogP contribution in [0.25, 0.3) is 0 Å². The molecule has 158 valence electrons. The Kier molecular flexibility index (Phi) is 10.2. The maximum absolute atomic E-state index is 11.5. The monoisotopic (exact) mass is 461 g/mol. The number of hydrogen-bond donors (Lipinski definition) is 2. The first kappa shape index (κ1) is 24.2. The Morgan fingerprint density at radius 1 is 1.11 bits per heavy atom. The van der Waals surface area contributed by atoms with Gasteiger partial charge in [-0.15, -0.1) is 0 Å². The zero-order valence-electron chi connectivity index (χ0n) is 16.2. The van der Waals surface area contributed by atoms with E-state index in [1.165, 1.54) is 12.1 Å². The first-order valence-electron chi connectivity index (χ1n) is 8.65. The topological polar surface area (TPSA) is 132 Å². The molecule has 1 rings (SSSR count). The van der Waals surface area contributed by atoms with E-state index in [1.807, 2.05) is 0 Å². The fraction of sp³-hybridized carbons (Fsp3) is 0.556. The van der Waals surface area contributed by atoms with Crippen LogP contribution in [0.4, 0.5) is 5.69 Å². The largest absolute Gasteiger partial charge is 0.761 e. The van der Waals surface area contributed by atoms with Crippen molar-refractivity contribution in [2.24, 2.45) is 5.73 Å². The normalized spacial score (nSPS) is 11.2. The van der Waals surface area contributed by atoms with Crippen LogP contribution in [0.2, 0.25) is 0 Å². The quantitative estimate of drug-likeness (QED) is 0.275. The van der Waals surface area contributed by atoms with E-state index in [-0.39, 0.29) is 49.2 Å². The van der Waals surface area contributed by atoms with Gasteiger partial charge < -0.3 is 35.4 Å². The molecule has 3 N–H and O–H groups in total. The Balaban J connectivity index is 2.23. The average molecular weight is 462 g/mol. The standard InChI is InChI=1S/C18H26BrN2O7/c1-18(2,3)28-15(22)4-5-25-6-7-26-8-9-27-14-11-12(17(20)23)10-13(19)16(14)21-24/h10-11,21H,4-9H2,1-3H3,(H2,20,23)/q-1. The van der Waals surface area contributed by atoms with E-state index < -0.39 is 11.5 Å². The van der Waals surface area contributed by atoms with Gasteiger partial charge in [0.1, 0.15) is 18.0 Å². The van der Waals surface area contributed by atoms with E-state index in [0.717, 1.165) is 0 Å². The van der Waals surface area contributed by atoms with Crippen molar-refractivity contribution in [3.8, 4) is 5.75 Å². The summed E-state index contributed by atoms with van der Waals surface area (Å²) < 4.78 is 21.7. The molecule has 28 heavy (non-hydrogen) atoms. The molecule has 9 nitrogen and oxygen atoms in total. The number of anilines is 1. The van der Waals surface area contributed by atoms with Crippen LogP contribution in [-0.4, -0.2) is 50.5 Å². The molecular weight excluding hydrogens is 436 g/mol. The number of hydrogen-bond acceptors (Lipinski definition) is 8. The van der Waals surface area contributed by atoms with E-state index in [0.29, 0.717) is 17.7 Å². The van der Waals surface area contributed by atoms with Crippen LogP contribution in [0.3, 0.4) is 0 Å². The predicted octanol–water partition coefficient (Wildman–Crippen LogP) is 2.60. The molecule has 0 aliphatic rings. The highest BCUT2D eigenvalue weighted by Gasteiger charge is 2.15. The van der Waals surface area contributed by atoms with Crippen molar-refractivity contribution in [3.05, 3.63) is 27.4 Å². The third kappa shape index (κ3) is 9.36. The van der Waals surface area contributed by atoms with Gasteiger partial charge >= 0.3 is 5.97 Å². The van der Waals surface area contributed by atoms with Crippen LogP contribution in [0, 0.1) is 5.21 Å². The number of ether oxygens (including phenoxy) is 4. The summed E-state index contributed by atoms with van der Waals surface area (Å²) in [6.07, 6.45) is 0.177. The Morgan fingerprint density at radius 2 is 1.71 bits per heavy atom. The van der Waals surface area contributed by atoms with Gasteiger partial charge in [0.05, 0.1) is 38.5 Å². The van der Waals surface area contributed by atoms with Crippen molar-refractivity contribution in [2.75, 3.05) is 38.5 Å². The van der Waals surface area contributed by atoms with Crippen LogP contribution < -0.4 is 16.0 Å². The third-order valence-corrected chi connectivity index (χ3v) is 3.79. The smallest absolute Gasteiger partial charge is 0.308 e. The van der Waals surface area contributed by atoms with E-state index in [1.54, 1.807) is 26.3 Å². The third-order valence-electron chi connectivity index (χ3n) is 3.17. The number of rotatable bonds is 12. The van der Waals surface area contributed by atoms with Gasteiger partial charge in [-0.05, 0) is 48.8 Å². The van der Waals surface area contributed by atoms with Crippen molar-refractivity contribution < 1.29 is 28.5 Å². The molecule has 1 aromatic carbocycles. The molecule has 1 aromatic rings. The number of carbonyl (C=O) groups is 2. The second-order valence-corrected chi connectivity index (χ2v) is 7.56. The Labute approximate surface area is 172 Å². The molecule has 0 aliphatic carbocycles. The number of carbonyl (C=O) groups excluding carboxylic acids is 2. The van der Waals surface area contributed by atoms with Crippen molar-refractivity contribution in [1.82, 2.24) is 0 Å². The lowest BCUT2D eigenvalue weighted by atomic mass is 10.2. The highest BCUT2D eigenvalue weighted by Crippen LogP contribution is 2.34. The molecule has 0 spiro atoms. The summed E-state index contributed by atoms with van der Waals surface area (Å²) in [5, 5.41) is 11.1. The van der Waals surface area contributed by atoms with Crippen LogP contribution >= 0.6 is 15.9 Å². The SMILES string of the molecule is CC(C)(C)OC(=O)CCOCCOCCOc1cc(C(N)=O)cc(Br)c1N[O-]. The summed E-state index contributed by atoms with van der Waals surface area (Å²) >= 11 is 3.18. The summed E-state index contributed by atoms with van der Waals surface area (Å²) in [6, 6.07) is 2.81. The van der Waals surface area contributed by atoms with Crippen molar-refractivity contribution in [1.29, 1.82) is 0 Å². The molecule has 0 saturated carbocycles. The van der Waals surface area contributed by atoms with Gasteiger partial charge in [0, 0.05) is 10.0 Å². The van der Waals surface area contributed by atoms with Gasteiger partial charge in [-0.3, -0.25) is 9.59 Å². The summed E-state index contributed by atoms with van der Waals surface area (Å²) in [5.41, 5.74) is 6.87. The van der Waals surface area contributed by atoms with Crippen molar-refractivity contribution in [2.45, 2.75) is 32.8 Å². The summed E-state index contributed by atoms with van der Waals surface area (Å²) in [5.74, 6) is -0.757. The van der Waals surface area contributed by atoms with E-state index in [9.17, 15) is 14.8 Å². The average Bonchev–Trinajstić information content (AvgIpc) is 2.58. The van der Waals surface area contributed by atoms with E-state index >= 15 is 0 Å². The maximum atomic E-state index is 11.5. The fourth-order valence-electron chi connectivity index (χ4n) is 2.02. The molecule has 0 radical (unpaired) electrons. The van der Waals surface area contributed by atoms with Crippen molar-refractivity contribution >= 4 is 33.5 Å². The van der Waals surface area contributed by atoms with Gasteiger partial charge in [0.15, 0.2) is 0 Å². The minimum Gasteiger partial charge on any atom is -0.761 e. The van der Waals surface area contributed by atoms with Crippen LogP contribution in [0.1, 0.15) is 37.6 Å². The Hall–Kier alpha value is -1.88. The van der Waals surface area contributed by atoms with Crippen LogP contribution in [0.5, 0.6) is 5.75 Å². The summed E-state index contributed by atoms with van der Waals surface area (Å²) in [6.45, 7) is 6.70. The second kappa shape index (κ2) is 11.8. The van der Waals surface area contributed by atoms with E-state index in [4.69, 9.17) is 24.7 Å². The highest BCUT2D eigenvalue weighted by atomic mass is 79.9. The zero-order chi connectivity index (χ0) is 21.2. The number of primary amides is 1. The highest BCUT2D eigenvalue weighted by molar-refractivity contribution is 9.10. The van der Waals surface area contributed by atoms with Gasteiger partial charge in [-0.25, -0.2) is 0 Å². The minimum absolute atomic E-state index is 0.154. The molecule has 0 heterocycles. The number of nitrogens with one attached hydrogen (secondary N) is 1. The number of esters is 1. The predicted molar refractivity (Wildman–Crippen MR) is 107 cm³/mol. The maximum Gasteiger partial charge on any atom is 0.308 e. The molecule has 0 fully saturated rings. The number of amides is 1. The molecule has 0 bridgehead atoms. The van der Waals surface area contributed by atoms with Gasteiger partial charge in [-0.2, -0.15) is 0 Å². The molecule has 0 saturated heterocycles. The molecule has 10 heteroatoms. The van der Waals surface area contributed by atoms with Crippen molar-refractivity contribution in [3.63, 3.8) is 0 Å². The zero-order valence-corrected chi connectivity index (χ0v) is 17.8. The molecule has 0 aliphatic heterocycles. The molecular formula is C18H26BrN2O7-. The molecule has 1 amide bonds. The minimum atomic E-state index is -0.636. The lowest BCUT2D eigenvalue weighted by molar-refractivity contribution is -0.156. The second-order valence-electron chi connectivity index (χ2n) is 6.71. The molecule has 0 atom stereocenters. The molecule has 0 aromatic heterocycles. The van der Waals surface area contributed by atoms with Crippen LogP contribution in [0.15, 0.2) is 16.6 Å². The number of benzene rings is 1. The lowest BCUT2D eigenvalue weighted by Crippen LogP contribution is -2.24. The van der Waals surface area contributed by atoms with Gasteiger partial charge in [-0.1, -0.05) is 0 Å². The number of halogens is 1. The molecule has 0 unspecified atom stereocenters. The Morgan fingerprint density at radius 3 is 2.29 bits per heavy atom. The summed E-state index contributed by atoms with van der Waals surface area (Å²) in [7, 11) is 0. The Bertz CT molecular complexity index is 662. The van der Waals surface area contributed by atoms with E-state index in [2.05, 4.69) is 15.9 Å². The van der Waals surface area contributed by atoms with Gasteiger partial charge in [0.2, 0.25) is 5.91 Å². The lowest BCUT2D eigenvalue weighted by Gasteiger charge is -2.19. The summed E-state index contributed by atoms with van der Waals surface area (Å²) in [4.78, 5) is 22.8. The van der Waals surface area contributed by atoms with Gasteiger partial charge in [0.25, 0.3) is 0 Å². The van der Waals surface area contributed by atoms with Crippen LogP contribution in [-0.2, 0) is 19.0 Å². The number of nitrogens with two attached hydrogens (primary N) is 1. The first-order valence-corrected chi connectivity index (χ1v) is 9.45. The first-order chi connectivity index (χ1) is 13.1. The fourth-order valence-corrected chi connectivity index (χ4v) is 2.54.